The topological polar surface area (TPSA) is 92.9 Å². The average molecular weight is 288 g/mol. The Morgan fingerprint density at radius 3 is 2.76 bits per heavy atom. The van der Waals surface area contributed by atoms with E-state index in [9.17, 15) is 9.59 Å². The van der Waals surface area contributed by atoms with Crippen molar-refractivity contribution in [2.75, 3.05) is 5.73 Å². The molecule has 0 radical (unpaired) electrons. The number of benzene rings is 1. The summed E-state index contributed by atoms with van der Waals surface area (Å²) in [6, 6.07) is 3.24. The van der Waals surface area contributed by atoms with Gasteiger partial charge in [-0.05, 0) is 37.5 Å². The van der Waals surface area contributed by atoms with Crippen LogP contribution in [0, 0.1) is 6.92 Å². The lowest BCUT2D eigenvalue weighted by molar-refractivity contribution is 0.234. The second kappa shape index (κ2) is 5.27. The van der Waals surface area contributed by atoms with Crippen molar-refractivity contribution < 1.29 is 4.79 Å². The van der Waals surface area contributed by atoms with Gasteiger partial charge in [0.25, 0.3) is 0 Å². The van der Waals surface area contributed by atoms with Crippen LogP contribution in [0.1, 0.15) is 37.7 Å². The van der Waals surface area contributed by atoms with Crippen molar-refractivity contribution in [2.45, 2.75) is 45.1 Å². The van der Waals surface area contributed by atoms with Crippen molar-refractivity contribution in [3.05, 3.63) is 28.2 Å². The van der Waals surface area contributed by atoms with E-state index in [2.05, 4.69) is 10.3 Å². The molecule has 0 spiro atoms. The normalized spacial score (nSPS) is 16.2. The number of amides is 1. The van der Waals surface area contributed by atoms with Crippen LogP contribution in [0.3, 0.4) is 0 Å². The highest BCUT2D eigenvalue weighted by atomic mass is 16.2. The molecule has 1 aliphatic rings. The summed E-state index contributed by atoms with van der Waals surface area (Å²) in [6.45, 7) is 1.87. The van der Waals surface area contributed by atoms with Gasteiger partial charge in [-0.25, -0.2) is 14.2 Å². The van der Waals surface area contributed by atoms with Crippen LogP contribution >= 0.6 is 0 Å². The number of nitrogens with one attached hydrogen (secondary N) is 2. The molecular formula is C15H20N4O2. The number of fused-ring (bicyclic) bond motifs is 1. The summed E-state index contributed by atoms with van der Waals surface area (Å²) in [5.41, 5.74) is 8.06. The Morgan fingerprint density at radius 2 is 2.05 bits per heavy atom. The molecule has 0 saturated heterocycles. The van der Waals surface area contributed by atoms with Crippen LogP contribution in [0.5, 0.6) is 0 Å². The number of rotatable bonds is 1. The first-order valence-corrected chi connectivity index (χ1v) is 7.38. The van der Waals surface area contributed by atoms with Gasteiger partial charge in [0.1, 0.15) is 0 Å². The van der Waals surface area contributed by atoms with E-state index in [4.69, 9.17) is 5.73 Å². The zero-order valence-electron chi connectivity index (χ0n) is 12.1. The Morgan fingerprint density at radius 1 is 1.33 bits per heavy atom. The van der Waals surface area contributed by atoms with Crippen molar-refractivity contribution in [3.8, 4) is 0 Å². The van der Waals surface area contributed by atoms with E-state index in [0.29, 0.717) is 16.7 Å². The van der Waals surface area contributed by atoms with E-state index < -0.39 is 5.69 Å². The molecule has 4 N–H and O–H groups in total. The van der Waals surface area contributed by atoms with Crippen molar-refractivity contribution >= 4 is 22.8 Å². The fourth-order valence-corrected chi connectivity index (χ4v) is 2.97. The highest BCUT2D eigenvalue weighted by Gasteiger charge is 2.20. The predicted molar refractivity (Wildman–Crippen MR) is 82.5 cm³/mol. The van der Waals surface area contributed by atoms with Gasteiger partial charge in [-0.3, -0.25) is 0 Å². The lowest BCUT2D eigenvalue weighted by Crippen LogP contribution is -2.42. The number of nitrogens with zero attached hydrogens (tertiary/aromatic N) is 1. The molecule has 1 fully saturated rings. The van der Waals surface area contributed by atoms with Crippen LogP contribution in [-0.2, 0) is 0 Å². The van der Waals surface area contributed by atoms with Crippen LogP contribution in [0.2, 0.25) is 0 Å². The maximum Gasteiger partial charge on any atom is 0.334 e. The molecule has 0 unspecified atom stereocenters. The van der Waals surface area contributed by atoms with Crippen LogP contribution in [0.25, 0.3) is 11.0 Å². The number of imidazole rings is 1. The predicted octanol–water partition coefficient (Wildman–Crippen LogP) is 2.11. The van der Waals surface area contributed by atoms with Gasteiger partial charge in [0, 0.05) is 11.7 Å². The summed E-state index contributed by atoms with van der Waals surface area (Å²) in [5.74, 6) is 0. The number of nitrogens with two attached hydrogens (primary N) is 1. The molecule has 1 aromatic carbocycles. The molecule has 6 nitrogen and oxygen atoms in total. The number of H-pyrrole nitrogens is 1. The van der Waals surface area contributed by atoms with Crippen LogP contribution < -0.4 is 16.7 Å². The molecule has 21 heavy (non-hydrogen) atoms. The van der Waals surface area contributed by atoms with Crippen molar-refractivity contribution in [1.29, 1.82) is 0 Å². The minimum absolute atomic E-state index is 0.158. The van der Waals surface area contributed by atoms with Crippen LogP contribution in [0.15, 0.2) is 16.9 Å². The van der Waals surface area contributed by atoms with Gasteiger partial charge in [-0.15, -0.1) is 0 Å². The van der Waals surface area contributed by atoms with E-state index >= 15 is 0 Å². The molecule has 0 atom stereocenters. The Bertz CT molecular complexity index is 738. The van der Waals surface area contributed by atoms with Crippen LogP contribution in [-0.4, -0.2) is 21.6 Å². The number of aryl methyl sites for hydroxylation is 1. The molecule has 2 aromatic rings. The van der Waals surface area contributed by atoms with E-state index in [-0.39, 0.29) is 12.1 Å². The average Bonchev–Trinajstić information content (AvgIpc) is 2.75. The third-order valence-electron chi connectivity index (χ3n) is 4.21. The van der Waals surface area contributed by atoms with Crippen molar-refractivity contribution in [1.82, 2.24) is 14.9 Å². The SMILES string of the molecule is Cc1cc2[nH]c(=O)n(C(=O)NC3CCCCC3)c2cc1N. The fraction of sp³-hybridized carbons (Fsp3) is 0.467. The third-order valence-corrected chi connectivity index (χ3v) is 4.21. The highest BCUT2D eigenvalue weighted by Crippen LogP contribution is 2.20. The van der Waals surface area contributed by atoms with E-state index in [1.807, 2.05) is 6.92 Å². The summed E-state index contributed by atoms with van der Waals surface area (Å²) < 4.78 is 1.14. The second-order valence-electron chi connectivity index (χ2n) is 5.78. The smallest absolute Gasteiger partial charge is 0.334 e. The monoisotopic (exact) mass is 288 g/mol. The molecular weight excluding hydrogens is 268 g/mol. The molecule has 1 saturated carbocycles. The van der Waals surface area contributed by atoms with Gasteiger partial charge in [-0.2, -0.15) is 0 Å². The van der Waals surface area contributed by atoms with Crippen molar-refractivity contribution in [2.24, 2.45) is 0 Å². The summed E-state index contributed by atoms with van der Waals surface area (Å²) in [4.78, 5) is 27.2. The molecule has 1 heterocycles. The van der Waals surface area contributed by atoms with Gasteiger partial charge in [-0.1, -0.05) is 19.3 Å². The lowest BCUT2D eigenvalue weighted by Gasteiger charge is -2.22. The van der Waals surface area contributed by atoms with Crippen molar-refractivity contribution in [3.63, 3.8) is 0 Å². The number of carbonyl (C=O) groups excluding carboxylic acids is 1. The summed E-state index contributed by atoms with van der Waals surface area (Å²) >= 11 is 0. The first-order chi connectivity index (χ1) is 10.1. The molecule has 1 aromatic heterocycles. The van der Waals surface area contributed by atoms with E-state index in [1.54, 1.807) is 12.1 Å². The van der Waals surface area contributed by atoms with Gasteiger partial charge >= 0.3 is 11.7 Å². The number of hydrogen-bond acceptors (Lipinski definition) is 3. The molecule has 0 aliphatic heterocycles. The van der Waals surface area contributed by atoms with E-state index in [1.165, 1.54) is 6.42 Å². The minimum atomic E-state index is -0.427. The molecule has 6 heteroatoms. The number of hydrogen-bond donors (Lipinski definition) is 3. The highest BCUT2D eigenvalue weighted by molar-refractivity contribution is 5.91. The zero-order chi connectivity index (χ0) is 15.0. The van der Waals surface area contributed by atoms with Gasteiger partial charge in [0.15, 0.2) is 0 Å². The molecule has 1 aliphatic carbocycles. The minimum Gasteiger partial charge on any atom is -0.398 e. The largest absolute Gasteiger partial charge is 0.398 e. The standard InChI is InChI=1S/C15H20N4O2/c1-9-7-12-13(8-11(9)16)19(15(21)18-12)14(20)17-10-5-3-2-4-6-10/h7-8,10H,2-6,16H2,1H3,(H,17,20)(H,18,21). The number of carbonyl (C=O) groups is 1. The van der Waals surface area contributed by atoms with Gasteiger partial charge in [0.05, 0.1) is 11.0 Å². The maximum atomic E-state index is 12.4. The molecule has 3 rings (SSSR count). The molecule has 0 bridgehead atoms. The Hall–Kier alpha value is -2.24. The molecule has 112 valence electrons. The fourth-order valence-electron chi connectivity index (χ4n) is 2.97. The quantitative estimate of drug-likeness (QED) is 0.702. The lowest BCUT2D eigenvalue weighted by atomic mass is 9.96. The van der Waals surface area contributed by atoms with E-state index in [0.717, 1.165) is 35.8 Å². The second-order valence-corrected chi connectivity index (χ2v) is 5.78. The zero-order valence-corrected chi connectivity index (χ0v) is 12.1. The number of nitrogen functional groups attached to an aromatic ring is 1. The van der Waals surface area contributed by atoms with Gasteiger partial charge < -0.3 is 16.0 Å². The Labute approximate surface area is 122 Å². The first kappa shape index (κ1) is 13.7. The number of aromatic nitrogens is 2. The number of aromatic amines is 1. The van der Waals surface area contributed by atoms with Crippen LogP contribution in [0.4, 0.5) is 10.5 Å². The Balaban J connectivity index is 1.95. The maximum absolute atomic E-state index is 12.4. The summed E-state index contributed by atoms with van der Waals surface area (Å²) in [5, 5.41) is 2.95. The van der Waals surface area contributed by atoms with Gasteiger partial charge in [0.2, 0.25) is 0 Å². The summed E-state index contributed by atoms with van der Waals surface area (Å²) in [6.07, 6.45) is 5.42. The third kappa shape index (κ3) is 2.53. The summed E-state index contributed by atoms with van der Waals surface area (Å²) in [7, 11) is 0. The first-order valence-electron chi connectivity index (χ1n) is 7.38. The number of anilines is 1. The Kier molecular flexibility index (Phi) is 3.45. The molecule has 1 amide bonds.